The fraction of sp³-hybridized carbons (Fsp3) is 0.611. The molecule has 0 saturated carbocycles. The van der Waals surface area contributed by atoms with Crippen LogP contribution in [-0.2, 0) is 9.84 Å². The molecule has 0 aromatic heterocycles. The summed E-state index contributed by atoms with van der Waals surface area (Å²) in [6.45, 7) is 2.41. The predicted molar refractivity (Wildman–Crippen MR) is 102 cm³/mol. The Hall–Kier alpha value is -1.80. The molecule has 2 N–H and O–H groups in total. The summed E-state index contributed by atoms with van der Waals surface area (Å²) in [5.41, 5.74) is 5.68. The molecule has 1 heterocycles. The molecule has 1 saturated heterocycles. The minimum atomic E-state index is -3.71. The van der Waals surface area contributed by atoms with E-state index in [0.29, 0.717) is 0 Å². The zero-order chi connectivity index (χ0) is 22.0. The number of nitrogens with zero attached hydrogens (tertiary/aromatic N) is 2. The molecule has 0 spiro atoms. The number of methoxy groups -OCH3 is 1. The van der Waals surface area contributed by atoms with Gasteiger partial charge in [-0.1, -0.05) is 13.8 Å². The number of nitrogens with two attached hydrogens (primary N) is 1. The van der Waals surface area contributed by atoms with Crippen LogP contribution in [0.25, 0.3) is 0 Å². The third-order valence-electron chi connectivity index (χ3n) is 4.82. The van der Waals surface area contributed by atoms with E-state index in [2.05, 4.69) is 4.90 Å². The average molecular weight is 387 g/mol. The van der Waals surface area contributed by atoms with Crippen LogP contribution in [0.4, 0.5) is 5.69 Å². The highest BCUT2D eigenvalue weighted by Gasteiger charge is 2.28. The van der Waals surface area contributed by atoms with Crippen molar-refractivity contribution >= 4 is 21.4 Å². The lowest BCUT2D eigenvalue weighted by atomic mass is 10.1. The molecule has 1 aromatic carbocycles. The third-order valence-corrected chi connectivity index (χ3v) is 6.60. The molecule has 1 aliphatic rings. The van der Waals surface area contributed by atoms with E-state index in [1.165, 1.54) is 20.1 Å². The maximum absolute atomic E-state index is 13.3. The number of rotatable bonds is 7. The number of likely N-dealkylation sites (tertiary alicyclic amines) is 1. The fourth-order valence-electron chi connectivity index (χ4n) is 3.29. The molecule has 0 bridgehead atoms. The maximum atomic E-state index is 13.3. The molecule has 1 fully saturated rings. The Kier molecular flexibility index (Phi) is 5.21. The van der Waals surface area contributed by atoms with Crippen molar-refractivity contribution in [1.82, 2.24) is 9.80 Å². The van der Waals surface area contributed by atoms with E-state index in [0.717, 1.165) is 36.9 Å². The van der Waals surface area contributed by atoms with E-state index < -0.39 is 22.7 Å². The van der Waals surface area contributed by atoms with Gasteiger partial charge >= 0.3 is 0 Å². The number of likely N-dealkylation sites (N-methyl/N-ethyl adjacent to an activating group) is 2. The number of hydrogen-bond acceptors (Lipinski definition) is 6. The van der Waals surface area contributed by atoms with Crippen LogP contribution in [-0.4, -0.2) is 69.6 Å². The molecular formula is C18H29N3O4S. The molecule has 7 nitrogen and oxygen atoms in total. The molecule has 1 aliphatic heterocycles. The van der Waals surface area contributed by atoms with Gasteiger partial charge in [-0.3, -0.25) is 9.69 Å². The molecule has 1 atom stereocenters. The van der Waals surface area contributed by atoms with E-state index in [4.69, 9.17) is 14.6 Å². The number of nitrogen functional groups attached to an aromatic ring is 1. The lowest BCUT2D eigenvalue weighted by Crippen LogP contribution is -2.41. The molecule has 146 valence electrons. The quantitative estimate of drug-likeness (QED) is 0.716. The van der Waals surface area contributed by atoms with Crippen molar-refractivity contribution in [2.75, 3.05) is 45.2 Å². The maximum Gasteiger partial charge on any atom is 0.257 e. The van der Waals surface area contributed by atoms with Crippen LogP contribution < -0.4 is 10.5 Å². The first-order valence-electron chi connectivity index (χ1n) is 10.2. The Morgan fingerprint density at radius 1 is 1.46 bits per heavy atom. The van der Waals surface area contributed by atoms with Crippen molar-refractivity contribution in [2.45, 2.75) is 37.6 Å². The molecule has 0 aliphatic carbocycles. The van der Waals surface area contributed by atoms with Crippen LogP contribution in [0.15, 0.2) is 17.0 Å². The van der Waals surface area contributed by atoms with E-state index in [1.54, 1.807) is 0 Å². The van der Waals surface area contributed by atoms with Gasteiger partial charge in [-0.05, 0) is 32.0 Å². The van der Waals surface area contributed by atoms with E-state index >= 15 is 0 Å². The zero-order valence-electron chi connectivity index (χ0n) is 18.5. The van der Waals surface area contributed by atoms with Crippen molar-refractivity contribution in [3.8, 4) is 5.75 Å². The number of sulfone groups is 1. The van der Waals surface area contributed by atoms with E-state index in [1.807, 2.05) is 6.92 Å². The second-order valence-electron chi connectivity index (χ2n) is 6.33. The molecule has 1 amide bonds. The summed E-state index contributed by atoms with van der Waals surface area (Å²) in [6, 6.07) is 2.31. The Balaban J connectivity index is 2.51. The number of amides is 1. The second-order valence-corrected chi connectivity index (χ2v) is 8.58. The highest BCUT2D eigenvalue weighted by molar-refractivity contribution is 7.91. The minimum Gasteiger partial charge on any atom is -0.496 e. The summed E-state index contributed by atoms with van der Waals surface area (Å²) in [4.78, 5) is 16.0. The number of carbonyl (C=O) groups excluding carboxylic acids is 1. The van der Waals surface area contributed by atoms with Crippen molar-refractivity contribution < 1.29 is 22.1 Å². The van der Waals surface area contributed by atoms with Gasteiger partial charge in [-0.15, -0.1) is 0 Å². The molecular weight excluding hydrogens is 354 g/mol. The number of benzene rings is 1. The smallest absolute Gasteiger partial charge is 0.257 e. The van der Waals surface area contributed by atoms with Gasteiger partial charge in [-0.25, -0.2) is 8.42 Å². The molecule has 0 radical (unpaired) electrons. The Labute approximate surface area is 160 Å². The number of hydrogen-bond donors (Lipinski definition) is 1. The highest BCUT2D eigenvalue weighted by Crippen LogP contribution is 2.30. The molecule has 1 aromatic rings. The number of ether oxygens (including phenoxy) is 1. The Bertz CT molecular complexity index is 859. The molecule has 1 unspecified atom stereocenters. The van der Waals surface area contributed by atoms with Crippen LogP contribution in [0.2, 0.25) is 0 Å². The summed E-state index contributed by atoms with van der Waals surface area (Å²) < 4.78 is 53.6. The largest absolute Gasteiger partial charge is 0.496 e. The van der Waals surface area contributed by atoms with Gasteiger partial charge in [0.1, 0.15) is 5.75 Å². The van der Waals surface area contributed by atoms with Gasteiger partial charge < -0.3 is 15.4 Å². The summed E-state index contributed by atoms with van der Waals surface area (Å²) in [7, 11) is -2.39. The second kappa shape index (κ2) is 8.26. The van der Waals surface area contributed by atoms with Crippen LogP contribution in [0.3, 0.4) is 0 Å². The summed E-state index contributed by atoms with van der Waals surface area (Å²) in [6.07, 6.45) is 1.73. The van der Waals surface area contributed by atoms with Crippen molar-refractivity contribution in [2.24, 2.45) is 0 Å². The lowest BCUT2D eigenvalue weighted by Gasteiger charge is -2.28. The van der Waals surface area contributed by atoms with Crippen molar-refractivity contribution in [3.05, 3.63) is 17.7 Å². The van der Waals surface area contributed by atoms with Gasteiger partial charge in [0.25, 0.3) is 5.91 Å². The van der Waals surface area contributed by atoms with Crippen LogP contribution in [0.5, 0.6) is 5.75 Å². The first-order valence-corrected chi connectivity index (χ1v) is 10.4. The third kappa shape index (κ3) is 4.12. The van der Waals surface area contributed by atoms with E-state index in [9.17, 15) is 13.2 Å². The zero-order valence-corrected chi connectivity index (χ0v) is 16.3. The normalized spacial score (nSPS) is 20.3. The monoisotopic (exact) mass is 386 g/mol. The average Bonchev–Trinajstić information content (AvgIpc) is 3.11. The van der Waals surface area contributed by atoms with Gasteiger partial charge in [0.15, 0.2) is 9.84 Å². The van der Waals surface area contributed by atoms with Crippen LogP contribution >= 0.6 is 0 Å². The Morgan fingerprint density at radius 2 is 2.19 bits per heavy atom. The van der Waals surface area contributed by atoms with Gasteiger partial charge in [0, 0.05) is 29.7 Å². The van der Waals surface area contributed by atoms with Crippen molar-refractivity contribution in [3.63, 3.8) is 0 Å². The van der Waals surface area contributed by atoms with E-state index in [-0.39, 0.29) is 40.2 Å². The van der Waals surface area contributed by atoms with Gasteiger partial charge in [0.2, 0.25) is 0 Å². The topological polar surface area (TPSA) is 92.9 Å². The van der Waals surface area contributed by atoms with Gasteiger partial charge in [-0.2, -0.15) is 0 Å². The Morgan fingerprint density at radius 3 is 2.77 bits per heavy atom. The fourth-order valence-corrected chi connectivity index (χ4v) is 4.32. The van der Waals surface area contributed by atoms with Gasteiger partial charge in [0.05, 0.1) is 29.0 Å². The predicted octanol–water partition coefficient (Wildman–Crippen LogP) is 1.63. The van der Waals surface area contributed by atoms with Crippen LogP contribution in [0.1, 0.15) is 41.2 Å². The summed E-state index contributed by atoms with van der Waals surface area (Å²) >= 11 is 0. The first kappa shape index (κ1) is 16.4. The number of carbonyl (C=O) groups is 1. The summed E-state index contributed by atoms with van der Waals surface area (Å²) in [5, 5.41) is 0. The SMILES string of the molecule is [2H]C([2H])([2H])N(CC1CCCN1CC)C(=O)c1cc(S(=O)(=O)CC)c(N)cc1OC. The summed E-state index contributed by atoms with van der Waals surface area (Å²) in [5.74, 6) is -0.971. The number of anilines is 1. The minimum absolute atomic E-state index is 0.0204. The standard InChI is InChI=1S/C18H29N3O4S/c1-5-21-9-7-8-13(21)12-20(3)18(22)14-10-17(26(23,24)6-2)15(19)11-16(14)25-4/h10-11,13H,5-9,12,19H2,1-4H3/i3D3. The molecule has 26 heavy (non-hydrogen) atoms. The lowest BCUT2D eigenvalue weighted by molar-refractivity contribution is 0.0751. The highest BCUT2D eigenvalue weighted by atomic mass is 32.2. The molecule has 8 heteroatoms. The van der Waals surface area contributed by atoms with Crippen LogP contribution in [0, 0.1) is 0 Å². The van der Waals surface area contributed by atoms with Crippen molar-refractivity contribution in [1.29, 1.82) is 0 Å². The first-order chi connectivity index (χ1) is 13.5. The molecule has 2 rings (SSSR count).